The Hall–Kier alpha value is -2.43. The lowest BCUT2D eigenvalue weighted by atomic mass is 10.1. The number of hydrazone groups is 1. The predicted molar refractivity (Wildman–Crippen MR) is 75.8 cm³/mol. The van der Waals surface area contributed by atoms with Gasteiger partial charge in [0.05, 0.1) is 18.3 Å². The highest BCUT2D eigenvalue weighted by Crippen LogP contribution is 2.24. The number of aldehydes is 1. The number of anilines is 1. The van der Waals surface area contributed by atoms with Crippen LogP contribution in [0, 0.1) is 6.92 Å². The summed E-state index contributed by atoms with van der Waals surface area (Å²) in [6.45, 7) is 3.62. The number of benzene rings is 1. The van der Waals surface area contributed by atoms with E-state index in [1.54, 1.807) is 14.0 Å². The van der Waals surface area contributed by atoms with Gasteiger partial charge in [-0.1, -0.05) is 0 Å². The van der Waals surface area contributed by atoms with Crippen LogP contribution < -0.4 is 10.2 Å². The molecule has 5 heteroatoms. The van der Waals surface area contributed by atoms with E-state index in [1.165, 1.54) is 0 Å². The van der Waals surface area contributed by atoms with Gasteiger partial charge in [0, 0.05) is 11.5 Å². The summed E-state index contributed by atoms with van der Waals surface area (Å²) in [5, 5.41) is 4.97. The number of nitrogens with zero attached hydrogens (tertiary/aromatic N) is 2. The van der Waals surface area contributed by atoms with Crippen LogP contribution in [-0.4, -0.2) is 24.1 Å². The zero-order chi connectivity index (χ0) is 13.8. The maximum absolute atomic E-state index is 10.5. The molecule has 0 saturated carbocycles. The topological polar surface area (TPSA) is 63.6 Å². The van der Waals surface area contributed by atoms with Gasteiger partial charge in [-0.25, -0.2) is 4.98 Å². The molecule has 0 fully saturated rings. The van der Waals surface area contributed by atoms with Gasteiger partial charge in [0.1, 0.15) is 11.6 Å². The van der Waals surface area contributed by atoms with Gasteiger partial charge < -0.3 is 4.74 Å². The molecule has 5 nitrogen and oxygen atoms in total. The SMILES string of the molecule is COc1ccc2c(C)cc(N/N=C(/C)C=O)nc2c1. The minimum atomic E-state index is 0.366. The van der Waals surface area contributed by atoms with Gasteiger partial charge in [0.25, 0.3) is 0 Å². The number of hydrogen-bond donors (Lipinski definition) is 1. The normalized spacial score (nSPS) is 11.4. The number of rotatable bonds is 4. The average Bonchev–Trinajstić information content (AvgIpc) is 2.44. The van der Waals surface area contributed by atoms with Crippen molar-refractivity contribution in [3.8, 4) is 5.75 Å². The van der Waals surface area contributed by atoms with Gasteiger partial charge in [-0.3, -0.25) is 10.2 Å². The Morgan fingerprint density at radius 2 is 2.21 bits per heavy atom. The molecule has 0 aliphatic carbocycles. The molecule has 2 rings (SSSR count). The third-order valence-corrected chi connectivity index (χ3v) is 2.74. The molecule has 19 heavy (non-hydrogen) atoms. The predicted octanol–water partition coefficient (Wildman–Crippen LogP) is 2.54. The summed E-state index contributed by atoms with van der Waals surface area (Å²) in [5.74, 6) is 1.35. The van der Waals surface area contributed by atoms with Crippen LogP contribution in [0.5, 0.6) is 5.75 Å². The fourth-order valence-corrected chi connectivity index (χ4v) is 1.74. The summed E-state index contributed by atoms with van der Waals surface area (Å²) >= 11 is 0. The first-order valence-electron chi connectivity index (χ1n) is 5.85. The standard InChI is InChI=1S/C14H15N3O2/c1-9-6-14(17-16-10(2)8-18)15-13-7-11(19-3)4-5-12(9)13/h4-8H,1-3H3,(H,15,17)/b16-10-. The van der Waals surface area contributed by atoms with E-state index in [2.05, 4.69) is 15.5 Å². The largest absolute Gasteiger partial charge is 0.497 e. The second kappa shape index (κ2) is 5.48. The summed E-state index contributed by atoms with van der Waals surface area (Å²) in [6, 6.07) is 7.62. The molecule has 1 aromatic carbocycles. The van der Waals surface area contributed by atoms with E-state index in [9.17, 15) is 4.79 Å². The number of carbonyl (C=O) groups excluding carboxylic acids is 1. The van der Waals surface area contributed by atoms with Crippen LogP contribution in [0.2, 0.25) is 0 Å². The molecule has 0 atom stereocenters. The summed E-state index contributed by atoms with van der Waals surface area (Å²) in [6.07, 6.45) is 0.684. The fraction of sp³-hybridized carbons (Fsp3) is 0.214. The Morgan fingerprint density at radius 1 is 1.42 bits per heavy atom. The average molecular weight is 257 g/mol. The molecule has 0 radical (unpaired) electrons. The number of fused-ring (bicyclic) bond motifs is 1. The van der Waals surface area contributed by atoms with E-state index in [1.807, 2.05) is 31.2 Å². The summed E-state index contributed by atoms with van der Waals surface area (Å²) in [7, 11) is 1.62. The zero-order valence-corrected chi connectivity index (χ0v) is 11.1. The first-order chi connectivity index (χ1) is 9.13. The molecule has 2 aromatic rings. The second-order valence-corrected chi connectivity index (χ2v) is 4.19. The Bertz CT molecular complexity index is 650. The van der Waals surface area contributed by atoms with E-state index >= 15 is 0 Å². The molecule has 98 valence electrons. The van der Waals surface area contributed by atoms with E-state index in [-0.39, 0.29) is 0 Å². The van der Waals surface area contributed by atoms with Crippen molar-refractivity contribution in [2.75, 3.05) is 12.5 Å². The van der Waals surface area contributed by atoms with Crippen LogP contribution in [0.1, 0.15) is 12.5 Å². The highest BCUT2D eigenvalue weighted by atomic mass is 16.5. The van der Waals surface area contributed by atoms with Crippen molar-refractivity contribution in [2.24, 2.45) is 5.10 Å². The Balaban J connectivity index is 2.44. The summed E-state index contributed by atoms with van der Waals surface area (Å²) in [4.78, 5) is 14.9. The van der Waals surface area contributed by atoms with Crippen LogP contribution >= 0.6 is 0 Å². The highest BCUT2D eigenvalue weighted by molar-refractivity contribution is 6.27. The maximum atomic E-state index is 10.5. The van der Waals surface area contributed by atoms with Crippen molar-refractivity contribution in [3.63, 3.8) is 0 Å². The molecule has 0 aliphatic rings. The Labute approximate surface area is 111 Å². The molecular formula is C14H15N3O2. The number of pyridine rings is 1. The number of ether oxygens (including phenoxy) is 1. The summed E-state index contributed by atoms with van der Waals surface area (Å²) < 4.78 is 5.18. The number of aromatic nitrogens is 1. The minimum absolute atomic E-state index is 0.366. The molecule has 1 heterocycles. The first-order valence-corrected chi connectivity index (χ1v) is 5.85. The summed E-state index contributed by atoms with van der Waals surface area (Å²) in [5.41, 5.74) is 5.03. The monoisotopic (exact) mass is 257 g/mol. The second-order valence-electron chi connectivity index (χ2n) is 4.19. The van der Waals surface area contributed by atoms with E-state index < -0.39 is 0 Å². The van der Waals surface area contributed by atoms with Crippen LogP contribution in [-0.2, 0) is 4.79 Å². The molecule has 0 bridgehead atoms. The van der Waals surface area contributed by atoms with Crippen molar-refractivity contribution in [2.45, 2.75) is 13.8 Å². The number of methoxy groups -OCH3 is 1. The van der Waals surface area contributed by atoms with Gasteiger partial charge in [-0.05, 0) is 37.6 Å². The Morgan fingerprint density at radius 3 is 2.89 bits per heavy atom. The van der Waals surface area contributed by atoms with Gasteiger partial charge in [0.15, 0.2) is 6.29 Å². The molecule has 0 saturated heterocycles. The van der Waals surface area contributed by atoms with Gasteiger partial charge >= 0.3 is 0 Å². The quantitative estimate of drug-likeness (QED) is 0.519. The third-order valence-electron chi connectivity index (χ3n) is 2.74. The fourth-order valence-electron chi connectivity index (χ4n) is 1.74. The molecule has 1 aromatic heterocycles. The number of aryl methyl sites for hydroxylation is 1. The minimum Gasteiger partial charge on any atom is -0.497 e. The van der Waals surface area contributed by atoms with Crippen LogP contribution in [0.25, 0.3) is 10.9 Å². The molecule has 0 unspecified atom stereocenters. The van der Waals surface area contributed by atoms with Crippen molar-refractivity contribution < 1.29 is 9.53 Å². The lowest BCUT2D eigenvalue weighted by molar-refractivity contribution is -0.102. The molecule has 0 aliphatic heterocycles. The number of nitrogens with one attached hydrogen (secondary N) is 1. The smallest absolute Gasteiger partial charge is 0.165 e. The zero-order valence-electron chi connectivity index (χ0n) is 11.1. The number of hydrogen-bond acceptors (Lipinski definition) is 5. The van der Waals surface area contributed by atoms with Gasteiger partial charge in [0.2, 0.25) is 0 Å². The van der Waals surface area contributed by atoms with Crippen molar-refractivity contribution in [1.29, 1.82) is 0 Å². The van der Waals surface area contributed by atoms with Crippen molar-refractivity contribution >= 4 is 28.7 Å². The lowest BCUT2D eigenvalue weighted by Crippen LogP contribution is -2.00. The van der Waals surface area contributed by atoms with Crippen LogP contribution in [0.15, 0.2) is 29.4 Å². The van der Waals surface area contributed by atoms with Gasteiger partial charge in [-0.2, -0.15) is 5.10 Å². The van der Waals surface area contributed by atoms with E-state index in [4.69, 9.17) is 4.74 Å². The van der Waals surface area contributed by atoms with E-state index in [0.717, 1.165) is 22.2 Å². The maximum Gasteiger partial charge on any atom is 0.165 e. The number of carbonyl (C=O) groups is 1. The van der Waals surface area contributed by atoms with Crippen molar-refractivity contribution in [1.82, 2.24) is 4.98 Å². The third kappa shape index (κ3) is 2.88. The molecular weight excluding hydrogens is 242 g/mol. The van der Waals surface area contributed by atoms with Gasteiger partial charge in [-0.15, -0.1) is 0 Å². The highest BCUT2D eigenvalue weighted by Gasteiger charge is 2.04. The Kier molecular flexibility index (Phi) is 3.75. The van der Waals surface area contributed by atoms with E-state index in [0.29, 0.717) is 17.8 Å². The molecule has 0 spiro atoms. The van der Waals surface area contributed by atoms with Crippen LogP contribution in [0.4, 0.5) is 5.82 Å². The lowest BCUT2D eigenvalue weighted by Gasteiger charge is -2.07. The molecule has 0 amide bonds. The molecule has 1 N–H and O–H groups in total. The van der Waals surface area contributed by atoms with Crippen molar-refractivity contribution in [3.05, 3.63) is 29.8 Å². The van der Waals surface area contributed by atoms with Crippen LogP contribution in [0.3, 0.4) is 0 Å². The first kappa shape index (κ1) is 13.0.